The number of fused-ring (bicyclic) bond motifs is 1. The summed E-state index contributed by atoms with van der Waals surface area (Å²) in [4.78, 5) is 17.1. The molecule has 0 unspecified atom stereocenters. The summed E-state index contributed by atoms with van der Waals surface area (Å²) in [5, 5.41) is 3.92. The molecule has 0 saturated heterocycles. The van der Waals surface area contributed by atoms with Crippen molar-refractivity contribution in [2.45, 2.75) is 13.3 Å². The summed E-state index contributed by atoms with van der Waals surface area (Å²) in [5.74, 6) is 0.645. The summed E-state index contributed by atoms with van der Waals surface area (Å²) >= 11 is 1.68. The van der Waals surface area contributed by atoms with Crippen molar-refractivity contribution < 1.29 is 9.53 Å². The van der Waals surface area contributed by atoms with Crippen LogP contribution in [0.1, 0.15) is 11.1 Å². The zero-order chi connectivity index (χ0) is 19.5. The first-order chi connectivity index (χ1) is 13.6. The van der Waals surface area contributed by atoms with E-state index in [4.69, 9.17) is 9.72 Å². The number of nitrogens with one attached hydrogen (secondary N) is 1. The van der Waals surface area contributed by atoms with Crippen molar-refractivity contribution in [3.05, 3.63) is 77.9 Å². The van der Waals surface area contributed by atoms with Crippen LogP contribution in [0.4, 0.5) is 5.69 Å². The Morgan fingerprint density at radius 2 is 1.86 bits per heavy atom. The highest BCUT2D eigenvalue weighted by atomic mass is 32.1. The van der Waals surface area contributed by atoms with Gasteiger partial charge in [0.2, 0.25) is 5.91 Å². The lowest BCUT2D eigenvalue weighted by molar-refractivity contribution is -0.115. The van der Waals surface area contributed by atoms with Crippen molar-refractivity contribution in [1.82, 2.24) is 4.98 Å². The van der Waals surface area contributed by atoms with Gasteiger partial charge in [0, 0.05) is 16.8 Å². The minimum Gasteiger partial charge on any atom is -0.496 e. The van der Waals surface area contributed by atoms with Crippen molar-refractivity contribution in [1.29, 1.82) is 0 Å². The molecule has 0 aliphatic carbocycles. The first-order valence-electron chi connectivity index (χ1n) is 9.02. The maximum Gasteiger partial charge on any atom is 0.228 e. The lowest BCUT2D eigenvalue weighted by atomic mass is 10.1. The molecule has 0 atom stereocenters. The Hall–Kier alpha value is -3.18. The second kappa shape index (κ2) is 7.82. The van der Waals surface area contributed by atoms with E-state index in [0.29, 0.717) is 0 Å². The van der Waals surface area contributed by atoms with E-state index in [-0.39, 0.29) is 12.3 Å². The summed E-state index contributed by atoms with van der Waals surface area (Å²) in [6.45, 7) is 2.08. The van der Waals surface area contributed by atoms with Crippen molar-refractivity contribution in [3.63, 3.8) is 0 Å². The molecule has 1 heterocycles. The SMILES string of the molecule is COc1ccccc1CC(=O)Nc1ccc(-c2nc3ccc(C)cc3s2)cc1. The lowest BCUT2D eigenvalue weighted by Gasteiger charge is -2.09. The minimum absolute atomic E-state index is 0.0762. The molecule has 4 rings (SSSR count). The Morgan fingerprint density at radius 1 is 1.07 bits per heavy atom. The van der Waals surface area contributed by atoms with Crippen LogP contribution in [0.25, 0.3) is 20.8 Å². The number of aryl methyl sites for hydroxylation is 1. The van der Waals surface area contributed by atoms with Gasteiger partial charge in [-0.05, 0) is 55.0 Å². The third kappa shape index (κ3) is 3.89. The highest BCUT2D eigenvalue weighted by Gasteiger charge is 2.10. The molecular weight excluding hydrogens is 368 g/mol. The van der Waals surface area contributed by atoms with Gasteiger partial charge in [-0.1, -0.05) is 24.3 Å². The number of carbonyl (C=O) groups excluding carboxylic acids is 1. The van der Waals surface area contributed by atoms with Crippen LogP contribution < -0.4 is 10.1 Å². The van der Waals surface area contributed by atoms with Gasteiger partial charge in [0.1, 0.15) is 10.8 Å². The summed E-state index contributed by atoms with van der Waals surface area (Å²) in [6, 6.07) is 21.6. The van der Waals surface area contributed by atoms with E-state index in [1.165, 1.54) is 10.3 Å². The molecule has 0 saturated carbocycles. The van der Waals surface area contributed by atoms with Crippen LogP contribution in [-0.2, 0) is 11.2 Å². The van der Waals surface area contributed by atoms with E-state index in [2.05, 4.69) is 30.4 Å². The van der Waals surface area contributed by atoms with Crippen LogP contribution in [0.5, 0.6) is 5.75 Å². The van der Waals surface area contributed by atoms with Crippen LogP contribution in [0.3, 0.4) is 0 Å². The quantitative estimate of drug-likeness (QED) is 0.494. The third-order valence-corrected chi connectivity index (χ3v) is 5.57. The molecule has 140 valence electrons. The van der Waals surface area contributed by atoms with E-state index >= 15 is 0 Å². The second-order valence-corrected chi connectivity index (χ2v) is 7.63. The molecule has 0 aliphatic heterocycles. The largest absolute Gasteiger partial charge is 0.496 e. The van der Waals surface area contributed by atoms with Gasteiger partial charge in [-0.2, -0.15) is 0 Å². The number of nitrogens with zero attached hydrogens (tertiary/aromatic N) is 1. The number of anilines is 1. The predicted octanol–water partition coefficient (Wildman–Crippen LogP) is 5.46. The van der Waals surface area contributed by atoms with E-state index in [1.54, 1.807) is 18.4 Å². The molecule has 0 spiro atoms. The monoisotopic (exact) mass is 388 g/mol. The summed E-state index contributed by atoms with van der Waals surface area (Å²) in [5.41, 5.74) is 4.92. The van der Waals surface area contributed by atoms with Gasteiger partial charge in [-0.25, -0.2) is 4.98 Å². The summed E-state index contributed by atoms with van der Waals surface area (Å²) < 4.78 is 6.49. The van der Waals surface area contributed by atoms with Crippen molar-refractivity contribution in [2.75, 3.05) is 12.4 Å². The van der Waals surface area contributed by atoms with Gasteiger partial charge in [0.15, 0.2) is 0 Å². The molecule has 4 aromatic rings. The summed E-state index contributed by atoms with van der Waals surface area (Å²) in [7, 11) is 1.61. The van der Waals surface area contributed by atoms with E-state index < -0.39 is 0 Å². The molecule has 1 aromatic heterocycles. The minimum atomic E-state index is -0.0762. The van der Waals surface area contributed by atoms with E-state index in [0.717, 1.165) is 33.1 Å². The maximum absolute atomic E-state index is 12.4. The molecule has 0 radical (unpaired) electrons. The van der Waals surface area contributed by atoms with E-state index in [9.17, 15) is 4.79 Å². The number of ether oxygens (including phenoxy) is 1. The molecular formula is C23H20N2O2S. The highest BCUT2D eigenvalue weighted by molar-refractivity contribution is 7.21. The van der Waals surface area contributed by atoms with Gasteiger partial charge < -0.3 is 10.1 Å². The number of hydrogen-bond acceptors (Lipinski definition) is 4. The van der Waals surface area contributed by atoms with Gasteiger partial charge in [-0.15, -0.1) is 11.3 Å². The van der Waals surface area contributed by atoms with Crippen LogP contribution in [0, 0.1) is 6.92 Å². The Bertz CT molecular complexity index is 1130. The van der Waals surface area contributed by atoms with Crippen LogP contribution in [-0.4, -0.2) is 18.0 Å². The van der Waals surface area contributed by atoms with Crippen molar-refractivity contribution in [3.8, 4) is 16.3 Å². The van der Waals surface area contributed by atoms with Crippen LogP contribution >= 0.6 is 11.3 Å². The van der Waals surface area contributed by atoms with Crippen molar-refractivity contribution in [2.24, 2.45) is 0 Å². The number of aromatic nitrogens is 1. The first-order valence-corrected chi connectivity index (χ1v) is 9.83. The van der Waals surface area contributed by atoms with Gasteiger partial charge in [-0.3, -0.25) is 4.79 Å². The zero-order valence-corrected chi connectivity index (χ0v) is 16.5. The molecule has 4 nitrogen and oxygen atoms in total. The fraction of sp³-hybridized carbons (Fsp3) is 0.130. The second-order valence-electron chi connectivity index (χ2n) is 6.60. The molecule has 1 N–H and O–H groups in total. The number of benzene rings is 3. The number of amides is 1. The Morgan fingerprint density at radius 3 is 2.64 bits per heavy atom. The average molecular weight is 388 g/mol. The van der Waals surface area contributed by atoms with Gasteiger partial charge in [0.05, 0.1) is 23.7 Å². The predicted molar refractivity (Wildman–Crippen MR) is 115 cm³/mol. The molecule has 5 heteroatoms. The van der Waals surface area contributed by atoms with Gasteiger partial charge >= 0.3 is 0 Å². The molecule has 3 aromatic carbocycles. The number of thiazole rings is 1. The summed E-state index contributed by atoms with van der Waals surface area (Å²) in [6.07, 6.45) is 0.267. The first kappa shape index (κ1) is 18.2. The molecule has 1 amide bonds. The molecule has 28 heavy (non-hydrogen) atoms. The lowest BCUT2D eigenvalue weighted by Crippen LogP contribution is -2.14. The van der Waals surface area contributed by atoms with Crippen LogP contribution in [0.2, 0.25) is 0 Å². The molecule has 0 aliphatic rings. The average Bonchev–Trinajstić information content (AvgIpc) is 3.12. The number of rotatable bonds is 5. The smallest absolute Gasteiger partial charge is 0.228 e. The standard InChI is InChI=1S/C23H20N2O2S/c1-15-7-12-19-21(13-15)28-23(25-19)16-8-10-18(11-9-16)24-22(26)14-17-5-3-4-6-20(17)27-2/h3-13H,14H2,1-2H3,(H,24,26). The van der Waals surface area contributed by atoms with Crippen LogP contribution in [0.15, 0.2) is 66.7 Å². The Balaban J connectivity index is 1.47. The maximum atomic E-state index is 12.4. The zero-order valence-electron chi connectivity index (χ0n) is 15.7. The fourth-order valence-corrected chi connectivity index (χ4v) is 4.15. The normalized spacial score (nSPS) is 10.8. The number of para-hydroxylation sites is 1. The third-order valence-electron chi connectivity index (χ3n) is 4.50. The molecule has 0 fully saturated rings. The molecule has 0 bridgehead atoms. The highest BCUT2D eigenvalue weighted by Crippen LogP contribution is 2.31. The van der Waals surface area contributed by atoms with Gasteiger partial charge in [0.25, 0.3) is 0 Å². The number of carbonyl (C=O) groups is 1. The Labute approximate surface area is 167 Å². The number of methoxy groups -OCH3 is 1. The van der Waals surface area contributed by atoms with Crippen molar-refractivity contribution >= 4 is 33.1 Å². The Kier molecular flexibility index (Phi) is 5.08. The number of hydrogen-bond donors (Lipinski definition) is 1. The topological polar surface area (TPSA) is 51.2 Å². The van der Waals surface area contributed by atoms with E-state index in [1.807, 2.05) is 48.5 Å². The fourth-order valence-electron chi connectivity index (χ4n) is 3.08.